The number of aliphatic hydroxyl groups excluding tert-OH is 6. The van der Waals surface area contributed by atoms with Gasteiger partial charge in [-0.25, -0.2) is 4.18 Å². The number of unbranched alkanes of at least 4 members (excludes halogenated alkanes) is 26. The van der Waals surface area contributed by atoms with E-state index in [2.05, 4.69) is 73.4 Å². The van der Waals surface area contributed by atoms with Gasteiger partial charge in [0.25, 0.3) is 0 Å². The molecule has 0 radical (unpaired) electrons. The minimum absolute atomic E-state index is 0.0231. The van der Waals surface area contributed by atoms with Gasteiger partial charge in [-0.15, -0.1) is 0 Å². The summed E-state index contributed by atoms with van der Waals surface area (Å²) in [6.07, 6.45) is 24.9. The number of ether oxygens (including phenoxy) is 5. The van der Waals surface area contributed by atoms with Crippen LogP contribution in [0.15, 0.2) is 0 Å². The largest absolute Gasteiger partial charge is 0.455 e. The van der Waals surface area contributed by atoms with Crippen molar-refractivity contribution in [3.05, 3.63) is 0 Å². The monoisotopic (exact) mass is 1320 g/mol. The van der Waals surface area contributed by atoms with Gasteiger partial charge in [0.1, 0.15) is 30.5 Å². The summed E-state index contributed by atoms with van der Waals surface area (Å²) in [6.45, 7) is 22.9. The molecule has 2 saturated heterocycles. The maximum atomic E-state index is 14.2. The fourth-order valence-electron chi connectivity index (χ4n) is 15.0. The van der Waals surface area contributed by atoms with E-state index >= 15 is 0 Å². The number of carbonyl (C=O) groups is 2. The molecule has 0 bridgehead atoms. The second-order valence-electron chi connectivity index (χ2n) is 29.7. The third kappa shape index (κ3) is 38.3. The molecular formula is C73H140O17S. The minimum atomic E-state index is -5.33. The third-order valence-corrected chi connectivity index (χ3v) is 20.1. The highest BCUT2D eigenvalue weighted by Crippen LogP contribution is 2.36. The van der Waals surface area contributed by atoms with E-state index in [0.717, 1.165) is 64.2 Å². The van der Waals surface area contributed by atoms with Crippen LogP contribution >= 0.6 is 0 Å². The number of esters is 2. The SMILES string of the molecule is CCCCCCCCCCCCCCCCCC(=O)O[C@@H]1[C@@H](O)[C@H](CO)O[C@@H](O[C@H]2O[C@H](CO)[C@@H](O)[C@H](O)[C@H]2OS(=O)(=O)O)[C@H]1OC(=O)[C@H](C)C[C@H](C)C[C@H](C)C[C@H](C)C[C@H](C)C[C@H](C)C[C@H](C)C[C@H](C)C[C@H](C)[C@H](O)CCCCCCCCCCCCCCC. The van der Waals surface area contributed by atoms with Crippen molar-refractivity contribution in [1.29, 1.82) is 0 Å². The van der Waals surface area contributed by atoms with Gasteiger partial charge >= 0.3 is 22.3 Å². The molecule has 18 heteroatoms. The van der Waals surface area contributed by atoms with Crippen molar-refractivity contribution in [2.24, 2.45) is 53.3 Å². The molecule has 2 rings (SSSR count). The predicted octanol–water partition coefficient (Wildman–Crippen LogP) is 15.5. The average Bonchev–Trinajstić information content (AvgIpc) is 0.908. The molecule has 0 aromatic carbocycles. The van der Waals surface area contributed by atoms with Crippen LogP contribution in [-0.4, -0.2) is 136 Å². The van der Waals surface area contributed by atoms with Crippen molar-refractivity contribution < 1.29 is 81.1 Å². The van der Waals surface area contributed by atoms with Crippen LogP contribution < -0.4 is 0 Å². The molecule has 91 heavy (non-hydrogen) atoms. The normalized spacial score (nSPS) is 25.6. The van der Waals surface area contributed by atoms with Crippen molar-refractivity contribution in [1.82, 2.24) is 0 Å². The maximum Gasteiger partial charge on any atom is 0.397 e. The van der Waals surface area contributed by atoms with Gasteiger partial charge in [-0.2, -0.15) is 8.42 Å². The highest BCUT2D eigenvalue weighted by Gasteiger charge is 2.55. The highest BCUT2D eigenvalue weighted by molar-refractivity contribution is 7.80. The van der Waals surface area contributed by atoms with E-state index in [1.54, 1.807) is 6.92 Å². The maximum absolute atomic E-state index is 14.2. The smallest absolute Gasteiger partial charge is 0.397 e. The lowest BCUT2D eigenvalue weighted by atomic mass is 9.79. The van der Waals surface area contributed by atoms with Crippen LogP contribution in [0.25, 0.3) is 0 Å². The van der Waals surface area contributed by atoms with Crippen LogP contribution in [0.2, 0.25) is 0 Å². The van der Waals surface area contributed by atoms with E-state index in [1.165, 1.54) is 161 Å². The van der Waals surface area contributed by atoms with E-state index in [9.17, 15) is 53.2 Å². The lowest BCUT2D eigenvalue weighted by molar-refractivity contribution is -0.374. The minimum Gasteiger partial charge on any atom is -0.455 e. The molecule has 2 aliphatic rings. The first kappa shape index (κ1) is 85.5. The summed E-state index contributed by atoms with van der Waals surface area (Å²) in [7, 11) is -5.33. The second kappa shape index (κ2) is 49.9. The van der Waals surface area contributed by atoms with E-state index in [-0.39, 0.29) is 18.4 Å². The standard InChI is InChI=1S/C73H140O17S/c1-12-14-16-18-20-22-24-26-27-29-31-33-35-37-39-41-64(77)87-68-66(79)63(51-75)86-73(89-72-69(90-91(82,83)84)67(80)65(78)62(50-74)85-72)70(68)88-71(81)60(11)49-58(9)47-56(7)45-54(5)43-52(3)42-53(4)44-55(6)46-57(8)48-59(10)61(76)40-38-36-34-32-30-28-25-23-21-19-17-15-13-2/h52-63,65-70,72-76,78-80H,12-51H2,1-11H3,(H,82,83,84)/t52-,53+,54-,55+,56-,57+,58-,59+,60-,61-,62-,63+,65-,66+,67+,68-,69-,70+,72-,73+/m1/s1. The Balaban J connectivity index is 1.95. The molecule has 0 aromatic heterocycles. The van der Waals surface area contributed by atoms with Gasteiger partial charge in [-0.1, -0.05) is 250 Å². The molecule has 0 unspecified atom stereocenters. The van der Waals surface area contributed by atoms with Crippen molar-refractivity contribution in [3.8, 4) is 0 Å². The lowest BCUT2D eigenvalue weighted by Crippen LogP contribution is -2.65. The Bertz CT molecular complexity index is 1910. The molecule has 2 aliphatic heterocycles. The van der Waals surface area contributed by atoms with Crippen LogP contribution in [0, 0.1) is 53.3 Å². The quantitative estimate of drug-likeness (QED) is 0.0169. The molecule has 0 amide bonds. The van der Waals surface area contributed by atoms with Crippen molar-refractivity contribution in [3.63, 3.8) is 0 Å². The number of hydrogen-bond acceptors (Lipinski definition) is 16. The first-order valence-electron chi connectivity index (χ1n) is 37.3. The van der Waals surface area contributed by atoms with Crippen LogP contribution in [0.5, 0.6) is 0 Å². The van der Waals surface area contributed by atoms with Crippen molar-refractivity contribution in [2.75, 3.05) is 13.2 Å². The fourth-order valence-corrected chi connectivity index (χ4v) is 15.5. The Labute approximate surface area is 555 Å². The number of rotatable bonds is 56. The van der Waals surface area contributed by atoms with Gasteiger partial charge in [0.15, 0.2) is 24.6 Å². The second-order valence-corrected chi connectivity index (χ2v) is 30.7. The Hall–Kier alpha value is -1.55. The zero-order valence-electron chi connectivity index (χ0n) is 59.5. The lowest BCUT2D eigenvalue weighted by Gasteiger charge is -2.46. The zero-order valence-corrected chi connectivity index (χ0v) is 60.3. The van der Waals surface area contributed by atoms with E-state index < -0.39 is 103 Å². The van der Waals surface area contributed by atoms with Gasteiger partial charge in [-0.3, -0.25) is 14.1 Å². The molecular weight excluding hydrogens is 1180 g/mol. The average molecular weight is 1320 g/mol. The van der Waals surface area contributed by atoms with Crippen LogP contribution in [-0.2, 0) is 47.9 Å². The molecule has 540 valence electrons. The van der Waals surface area contributed by atoms with Gasteiger partial charge in [-0.05, 0) is 112 Å². The predicted molar refractivity (Wildman–Crippen MR) is 362 cm³/mol. The Morgan fingerprint density at radius 3 is 1.15 bits per heavy atom. The number of hydrogen-bond donors (Lipinski definition) is 7. The van der Waals surface area contributed by atoms with E-state index in [0.29, 0.717) is 54.3 Å². The Kier molecular flexibility index (Phi) is 46.9. The summed E-state index contributed by atoms with van der Waals surface area (Å²) in [5.41, 5.74) is 0. The number of carbonyl (C=O) groups excluding carboxylic acids is 2. The summed E-state index contributed by atoms with van der Waals surface area (Å²) < 4.78 is 67.7. The first-order valence-corrected chi connectivity index (χ1v) is 38.7. The summed E-state index contributed by atoms with van der Waals surface area (Å²) in [6, 6.07) is 0. The van der Waals surface area contributed by atoms with Crippen molar-refractivity contribution >= 4 is 22.3 Å². The van der Waals surface area contributed by atoms with Crippen LogP contribution in [0.1, 0.15) is 320 Å². The number of aliphatic hydroxyl groups is 6. The fraction of sp³-hybridized carbons (Fsp3) is 0.973. The first-order chi connectivity index (χ1) is 43.3. The Morgan fingerprint density at radius 2 is 0.769 bits per heavy atom. The van der Waals surface area contributed by atoms with E-state index in [4.69, 9.17) is 23.7 Å². The van der Waals surface area contributed by atoms with Crippen molar-refractivity contribution in [2.45, 2.75) is 388 Å². The van der Waals surface area contributed by atoms with E-state index in [1.807, 2.05) is 0 Å². The molecule has 2 heterocycles. The van der Waals surface area contributed by atoms with Gasteiger partial charge in [0, 0.05) is 6.42 Å². The summed E-state index contributed by atoms with van der Waals surface area (Å²) >= 11 is 0. The molecule has 17 nitrogen and oxygen atoms in total. The van der Waals surface area contributed by atoms with Crippen LogP contribution in [0.3, 0.4) is 0 Å². The highest BCUT2D eigenvalue weighted by atomic mass is 32.3. The molecule has 7 N–H and O–H groups in total. The van der Waals surface area contributed by atoms with Gasteiger partial charge in [0.05, 0.1) is 25.2 Å². The summed E-state index contributed by atoms with van der Waals surface area (Å²) in [5, 5.41) is 64.5. The zero-order chi connectivity index (χ0) is 67.7. The van der Waals surface area contributed by atoms with Gasteiger partial charge in [0.2, 0.25) is 6.29 Å². The molecule has 0 aliphatic carbocycles. The molecule has 20 atom stereocenters. The molecule has 0 saturated carbocycles. The molecule has 2 fully saturated rings. The Morgan fingerprint density at radius 1 is 0.429 bits per heavy atom. The summed E-state index contributed by atoms with van der Waals surface area (Å²) in [4.78, 5) is 27.8. The summed E-state index contributed by atoms with van der Waals surface area (Å²) in [5.74, 6) is 1.49. The van der Waals surface area contributed by atoms with Crippen LogP contribution in [0.4, 0.5) is 0 Å². The molecule has 0 aromatic rings. The topological polar surface area (TPSA) is 265 Å². The van der Waals surface area contributed by atoms with Gasteiger partial charge < -0.3 is 54.3 Å². The molecule has 0 spiro atoms. The third-order valence-electron chi connectivity index (χ3n) is 19.6.